The Bertz CT molecular complexity index is 1400. The van der Waals surface area contributed by atoms with E-state index in [-0.39, 0.29) is 18.4 Å². The highest BCUT2D eigenvalue weighted by molar-refractivity contribution is 6.00. The normalized spacial score (nSPS) is 16.8. The van der Waals surface area contributed by atoms with Gasteiger partial charge in [0.15, 0.2) is 0 Å². The summed E-state index contributed by atoms with van der Waals surface area (Å²) in [7, 11) is 1.61. The molecule has 0 radical (unpaired) electrons. The topological polar surface area (TPSA) is 76.5 Å². The summed E-state index contributed by atoms with van der Waals surface area (Å²) in [6, 6.07) is 29.1. The van der Waals surface area contributed by atoms with Gasteiger partial charge in [0.25, 0.3) is 5.91 Å². The number of hydrogen-bond acceptors (Lipinski definition) is 4. The van der Waals surface area contributed by atoms with Crippen LogP contribution in [0.2, 0.25) is 0 Å². The quantitative estimate of drug-likeness (QED) is 0.396. The molecule has 2 amide bonds. The number of carbonyl (C=O) groups excluding carboxylic acids is 2. The molecule has 0 fully saturated rings. The van der Waals surface area contributed by atoms with E-state index in [4.69, 9.17) is 9.84 Å². The van der Waals surface area contributed by atoms with Crippen molar-refractivity contribution in [1.82, 2.24) is 20.0 Å². The summed E-state index contributed by atoms with van der Waals surface area (Å²) in [6.07, 6.45) is 0.641. The SMILES string of the molecule is COc1ccccc1CNC(=O)C1(C)Cn2nc(-c3ccccc3)cc2C(=O)N1CCc1ccccc1. The van der Waals surface area contributed by atoms with Crippen molar-refractivity contribution in [2.24, 2.45) is 0 Å². The zero-order valence-corrected chi connectivity index (χ0v) is 21.1. The van der Waals surface area contributed by atoms with Gasteiger partial charge in [-0.25, -0.2) is 0 Å². The highest BCUT2D eigenvalue weighted by Gasteiger charge is 2.47. The zero-order chi connectivity index (χ0) is 25.8. The molecule has 1 atom stereocenters. The molecule has 0 saturated carbocycles. The first-order chi connectivity index (χ1) is 18.0. The minimum absolute atomic E-state index is 0.202. The van der Waals surface area contributed by atoms with E-state index in [1.54, 1.807) is 16.7 Å². The molecule has 2 heterocycles. The molecule has 0 aliphatic carbocycles. The Morgan fingerprint density at radius 3 is 2.41 bits per heavy atom. The number of aromatic nitrogens is 2. The molecule has 1 aliphatic heterocycles. The van der Waals surface area contributed by atoms with Crippen LogP contribution in [0.3, 0.4) is 0 Å². The third-order valence-electron chi connectivity index (χ3n) is 6.96. The largest absolute Gasteiger partial charge is 0.496 e. The molecule has 5 rings (SSSR count). The van der Waals surface area contributed by atoms with Crippen LogP contribution in [0.25, 0.3) is 11.3 Å². The third-order valence-corrected chi connectivity index (χ3v) is 6.96. The second kappa shape index (κ2) is 10.3. The van der Waals surface area contributed by atoms with Crippen molar-refractivity contribution in [3.63, 3.8) is 0 Å². The molecule has 1 aliphatic rings. The molecule has 3 aromatic carbocycles. The first-order valence-corrected chi connectivity index (χ1v) is 12.4. The molecule has 188 valence electrons. The van der Waals surface area contributed by atoms with Crippen molar-refractivity contribution < 1.29 is 14.3 Å². The Morgan fingerprint density at radius 1 is 1.00 bits per heavy atom. The van der Waals surface area contributed by atoms with Crippen molar-refractivity contribution >= 4 is 11.8 Å². The van der Waals surface area contributed by atoms with E-state index >= 15 is 0 Å². The number of benzene rings is 3. The number of fused-ring (bicyclic) bond motifs is 1. The van der Waals surface area contributed by atoms with Gasteiger partial charge in [-0.2, -0.15) is 5.10 Å². The van der Waals surface area contributed by atoms with E-state index in [0.717, 1.165) is 16.7 Å². The van der Waals surface area contributed by atoms with Crippen molar-refractivity contribution in [3.05, 3.63) is 108 Å². The van der Waals surface area contributed by atoms with E-state index in [2.05, 4.69) is 5.32 Å². The number of amides is 2. The van der Waals surface area contributed by atoms with Gasteiger partial charge in [-0.3, -0.25) is 14.3 Å². The summed E-state index contributed by atoms with van der Waals surface area (Å²) in [5, 5.41) is 7.76. The van der Waals surface area contributed by atoms with Crippen molar-refractivity contribution in [2.45, 2.75) is 32.0 Å². The first kappa shape index (κ1) is 24.3. The lowest BCUT2D eigenvalue weighted by atomic mass is 9.94. The number of nitrogens with zero attached hydrogens (tertiary/aromatic N) is 3. The summed E-state index contributed by atoms with van der Waals surface area (Å²) in [6.45, 7) is 2.78. The van der Waals surface area contributed by atoms with Crippen molar-refractivity contribution in [2.75, 3.05) is 13.7 Å². The fourth-order valence-corrected chi connectivity index (χ4v) is 4.84. The Kier molecular flexibility index (Phi) is 6.77. The number of carbonyl (C=O) groups is 2. The highest BCUT2D eigenvalue weighted by atomic mass is 16.5. The molecule has 0 spiro atoms. The number of hydrogen-bond donors (Lipinski definition) is 1. The van der Waals surface area contributed by atoms with Crippen molar-refractivity contribution in [1.29, 1.82) is 0 Å². The number of para-hydroxylation sites is 1. The van der Waals surface area contributed by atoms with Gasteiger partial charge in [0.1, 0.15) is 17.0 Å². The summed E-state index contributed by atoms with van der Waals surface area (Å²) >= 11 is 0. The van der Waals surface area contributed by atoms with E-state index in [0.29, 0.717) is 36.6 Å². The lowest BCUT2D eigenvalue weighted by Crippen LogP contribution is -2.64. The lowest BCUT2D eigenvalue weighted by Gasteiger charge is -2.43. The smallest absolute Gasteiger partial charge is 0.273 e. The van der Waals surface area contributed by atoms with Crippen LogP contribution < -0.4 is 10.1 Å². The van der Waals surface area contributed by atoms with Crippen molar-refractivity contribution in [3.8, 4) is 17.0 Å². The molecule has 7 nitrogen and oxygen atoms in total. The fraction of sp³-hybridized carbons (Fsp3) is 0.233. The van der Waals surface area contributed by atoms with Crippen LogP contribution in [0.1, 0.15) is 28.5 Å². The van der Waals surface area contributed by atoms with Gasteiger partial charge in [0.05, 0.1) is 19.3 Å². The monoisotopic (exact) mass is 494 g/mol. The van der Waals surface area contributed by atoms with Crippen LogP contribution >= 0.6 is 0 Å². The Labute approximate surface area is 216 Å². The number of nitrogens with one attached hydrogen (secondary N) is 1. The van der Waals surface area contributed by atoms with Gasteiger partial charge in [0.2, 0.25) is 5.91 Å². The maximum Gasteiger partial charge on any atom is 0.273 e. The molecular weight excluding hydrogens is 464 g/mol. The average Bonchev–Trinajstić information content (AvgIpc) is 3.36. The Balaban J connectivity index is 1.45. The molecule has 1 unspecified atom stereocenters. The van der Waals surface area contributed by atoms with E-state index in [9.17, 15) is 9.59 Å². The van der Waals surface area contributed by atoms with Gasteiger partial charge in [-0.1, -0.05) is 78.9 Å². The highest BCUT2D eigenvalue weighted by Crippen LogP contribution is 2.30. The number of rotatable bonds is 8. The van der Waals surface area contributed by atoms with Crippen LogP contribution in [0.5, 0.6) is 5.75 Å². The first-order valence-electron chi connectivity index (χ1n) is 12.4. The van der Waals surface area contributed by atoms with E-state index in [1.165, 1.54) is 0 Å². The fourth-order valence-electron chi connectivity index (χ4n) is 4.84. The molecule has 37 heavy (non-hydrogen) atoms. The van der Waals surface area contributed by atoms with E-state index < -0.39 is 5.54 Å². The molecule has 0 bridgehead atoms. The molecule has 4 aromatic rings. The van der Waals surface area contributed by atoms with Gasteiger partial charge in [-0.15, -0.1) is 0 Å². The standard InChI is InChI=1S/C30H30N4O3/c1-30(29(36)31-20-24-15-9-10-16-27(24)37-2)21-34-26(19-25(32-34)23-13-7-4-8-14-23)28(35)33(30)18-17-22-11-5-3-6-12-22/h3-16,19H,17-18,20-21H2,1-2H3,(H,31,36). The minimum atomic E-state index is -1.12. The molecule has 1 N–H and O–H groups in total. The molecular formula is C30H30N4O3. The number of methoxy groups -OCH3 is 1. The third kappa shape index (κ3) is 4.85. The molecule has 0 saturated heterocycles. The zero-order valence-electron chi connectivity index (χ0n) is 21.1. The average molecular weight is 495 g/mol. The summed E-state index contributed by atoms with van der Waals surface area (Å²) in [5.41, 5.74) is 2.98. The second-order valence-corrected chi connectivity index (χ2v) is 9.40. The van der Waals surface area contributed by atoms with Gasteiger partial charge >= 0.3 is 0 Å². The second-order valence-electron chi connectivity index (χ2n) is 9.40. The van der Waals surface area contributed by atoms with Gasteiger partial charge < -0.3 is 15.0 Å². The van der Waals surface area contributed by atoms with Crippen LogP contribution in [0.4, 0.5) is 0 Å². The summed E-state index contributed by atoms with van der Waals surface area (Å²) in [4.78, 5) is 29.3. The van der Waals surface area contributed by atoms with Crippen LogP contribution in [0.15, 0.2) is 91.0 Å². The maximum absolute atomic E-state index is 13.8. The Morgan fingerprint density at radius 2 is 1.68 bits per heavy atom. The van der Waals surface area contributed by atoms with E-state index in [1.807, 2.05) is 97.9 Å². The van der Waals surface area contributed by atoms with Gasteiger partial charge in [0, 0.05) is 24.2 Å². The van der Waals surface area contributed by atoms with Gasteiger partial charge in [-0.05, 0) is 31.0 Å². The minimum Gasteiger partial charge on any atom is -0.496 e. The van der Waals surface area contributed by atoms with Crippen LogP contribution in [-0.4, -0.2) is 45.7 Å². The predicted molar refractivity (Wildman–Crippen MR) is 142 cm³/mol. The number of ether oxygens (including phenoxy) is 1. The Hall–Kier alpha value is -4.39. The maximum atomic E-state index is 13.8. The molecule has 7 heteroatoms. The summed E-state index contributed by atoms with van der Waals surface area (Å²) in [5.74, 6) is 0.268. The van der Waals surface area contributed by atoms with Crippen LogP contribution in [-0.2, 0) is 24.3 Å². The predicted octanol–water partition coefficient (Wildman–Crippen LogP) is 4.33. The van der Waals surface area contributed by atoms with Crippen LogP contribution in [0, 0.1) is 0 Å². The summed E-state index contributed by atoms with van der Waals surface area (Å²) < 4.78 is 7.11. The molecule has 1 aromatic heterocycles. The lowest BCUT2D eigenvalue weighted by molar-refractivity contribution is -0.133.